The largest absolute Gasteiger partial charge is 0.497 e. The molecular formula is C22H34N2O2. The summed E-state index contributed by atoms with van der Waals surface area (Å²) in [6.45, 7) is 6.74. The van der Waals surface area contributed by atoms with Gasteiger partial charge in [0.25, 0.3) is 0 Å². The first-order valence-corrected chi connectivity index (χ1v) is 10.5. The van der Waals surface area contributed by atoms with E-state index in [1.54, 1.807) is 7.11 Å². The van der Waals surface area contributed by atoms with Crippen LogP contribution in [0.3, 0.4) is 0 Å². The number of piperidine rings is 1. The van der Waals surface area contributed by atoms with Crippen LogP contribution in [0, 0.1) is 11.8 Å². The van der Waals surface area contributed by atoms with Crippen LogP contribution in [0.4, 0.5) is 5.69 Å². The molecule has 0 unspecified atom stereocenters. The summed E-state index contributed by atoms with van der Waals surface area (Å²) in [5.41, 5.74) is 0.904. The van der Waals surface area contributed by atoms with Gasteiger partial charge < -0.3 is 14.7 Å². The van der Waals surface area contributed by atoms with Gasteiger partial charge in [0.1, 0.15) is 5.75 Å². The molecular weight excluding hydrogens is 324 g/mol. The third-order valence-corrected chi connectivity index (χ3v) is 7.37. The van der Waals surface area contributed by atoms with E-state index < -0.39 is 5.60 Å². The molecule has 1 aliphatic carbocycles. The van der Waals surface area contributed by atoms with E-state index in [1.807, 2.05) is 0 Å². The molecule has 0 aromatic heterocycles. The Hall–Kier alpha value is -1.26. The first-order valence-electron chi connectivity index (χ1n) is 10.5. The summed E-state index contributed by atoms with van der Waals surface area (Å²) in [6.07, 6.45) is 6.90. The fourth-order valence-corrected chi connectivity index (χ4v) is 5.68. The molecule has 0 radical (unpaired) electrons. The number of aliphatic hydroxyl groups is 1. The number of anilines is 1. The molecule has 2 saturated heterocycles. The maximum absolute atomic E-state index is 11.1. The van der Waals surface area contributed by atoms with Crippen molar-refractivity contribution < 1.29 is 9.84 Å². The monoisotopic (exact) mass is 358 g/mol. The summed E-state index contributed by atoms with van der Waals surface area (Å²) in [5.74, 6) is 2.14. The van der Waals surface area contributed by atoms with Crippen LogP contribution in [0.1, 0.15) is 45.4 Å². The van der Waals surface area contributed by atoms with Crippen LogP contribution in [0.5, 0.6) is 5.75 Å². The number of hydrogen-bond acceptors (Lipinski definition) is 4. The van der Waals surface area contributed by atoms with Crippen molar-refractivity contribution in [2.24, 2.45) is 11.8 Å². The Labute approximate surface area is 158 Å². The Kier molecular flexibility index (Phi) is 5.15. The van der Waals surface area contributed by atoms with Crippen LogP contribution in [0.15, 0.2) is 24.3 Å². The van der Waals surface area contributed by atoms with Gasteiger partial charge in [-0.2, -0.15) is 0 Å². The van der Waals surface area contributed by atoms with Crippen LogP contribution >= 0.6 is 0 Å². The van der Waals surface area contributed by atoms with Crippen molar-refractivity contribution in [3.8, 4) is 5.75 Å². The van der Waals surface area contributed by atoms with E-state index in [0.717, 1.165) is 38.2 Å². The number of fused-ring (bicyclic) bond motifs is 1. The van der Waals surface area contributed by atoms with Crippen LogP contribution in [0.25, 0.3) is 0 Å². The van der Waals surface area contributed by atoms with E-state index in [4.69, 9.17) is 4.74 Å². The number of nitrogens with zero attached hydrogens (tertiary/aromatic N) is 2. The molecule has 2 heterocycles. The van der Waals surface area contributed by atoms with Crippen molar-refractivity contribution in [1.29, 1.82) is 0 Å². The van der Waals surface area contributed by atoms with Crippen LogP contribution in [-0.2, 0) is 0 Å². The van der Waals surface area contributed by atoms with Crippen molar-refractivity contribution in [2.75, 3.05) is 38.2 Å². The van der Waals surface area contributed by atoms with Crippen molar-refractivity contribution in [3.05, 3.63) is 24.3 Å². The Morgan fingerprint density at radius 2 is 1.85 bits per heavy atom. The topological polar surface area (TPSA) is 35.9 Å². The van der Waals surface area contributed by atoms with Gasteiger partial charge in [0, 0.05) is 43.8 Å². The lowest BCUT2D eigenvalue weighted by Gasteiger charge is -2.41. The Bertz CT molecular complexity index is 597. The summed E-state index contributed by atoms with van der Waals surface area (Å²) in [7, 11) is 1.72. The zero-order valence-electron chi connectivity index (χ0n) is 16.4. The number of rotatable bonds is 4. The molecule has 1 aromatic rings. The minimum absolute atomic E-state index is 0.401. The third-order valence-electron chi connectivity index (χ3n) is 7.37. The van der Waals surface area contributed by atoms with Crippen molar-refractivity contribution in [3.63, 3.8) is 0 Å². The number of hydrogen-bond donors (Lipinski definition) is 1. The van der Waals surface area contributed by atoms with Crippen molar-refractivity contribution in [1.82, 2.24) is 4.90 Å². The summed E-state index contributed by atoms with van der Waals surface area (Å²) < 4.78 is 5.27. The lowest BCUT2D eigenvalue weighted by molar-refractivity contribution is -0.0617. The van der Waals surface area contributed by atoms with Gasteiger partial charge in [0.05, 0.1) is 12.7 Å². The van der Waals surface area contributed by atoms with Gasteiger partial charge in [-0.1, -0.05) is 13.3 Å². The van der Waals surface area contributed by atoms with Gasteiger partial charge in [-0.05, 0) is 62.3 Å². The molecule has 0 bridgehead atoms. The van der Waals surface area contributed by atoms with Crippen LogP contribution < -0.4 is 9.64 Å². The third kappa shape index (κ3) is 3.34. The second kappa shape index (κ2) is 7.40. The predicted octanol–water partition coefficient (Wildman–Crippen LogP) is 3.54. The zero-order valence-corrected chi connectivity index (χ0v) is 16.4. The maximum atomic E-state index is 11.1. The minimum atomic E-state index is -0.401. The van der Waals surface area contributed by atoms with Crippen molar-refractivity contribution >= 4 is 5.69 Å². The van der Waals surface area contributed by atoms with Gasteiger partial charge in [0.15, 0.2) is 0 Å². The summed E-state index contributed by atoms with van der Waals surface area (Å²) >= 11 is 0. The molecule has 4 nitrogen and oxygen atoms in total. The molecule has 1 saturated carbocycles. The number of likely N-dealkylation sites (tertiary alicyclic amines) is 1. The SMILES string of the molecule is CC[C@]1(O)CCC[C@H]2CN(C3CCN(c4ccc(OC)cc4)CC3)C[C@H]21. The molecule has 144 valence electrons. The number of ether oxygens (including phenoxy) is 1. The summed E-state index contributed by atoms with van der Waals surface area (Å²) in [6, 6.07) is 9.14. The van der Waals surface area contributed by atoms with E-state index in [-0.39, 0.29) is 0 Å². The Morgan fingerprint density at radius 3 is 2.50 bits per heavy atom. The highest BCUT2D eigenvalue weighted by atomic mass is 16.5. The van der Waals surface area contributed by atoms with Crippen molar-refractivity contribution in [2.45, 2.75) is 57.1 Å². The van der Waals surface area contributed by atoms with E-state index in [2.05, 4.69) is 41.0 Å². The van der Waals surface area contributed by atoms with Gasteiger partial charge in [-0.25, -0.2) is 0 Å². The first-order chi connectivity index (χ1) is 12.6. The standard InChI is InChI=1S/C22H34N2O2/c1-3-22(25)12-4-5-17-15-24(16-21(17)22)19-10-13-23(14-11-19)18-6-8-20(26-2)9-7-18/h6-9,17,19,21,25H,3-5,10-16H2,1-2H3/t17-,21+,22-/m0/s1. The fraction of sp³-hybridized carbons (Fsp3) is 0.727. The Morgan fingerprint density at radius 1 is 1.12 bits per heavy atom. The van der Waals surface area contributed by atoms with Gasteiger partial charge >= 0.3 is 0 Å². The van der Waals surface area contributed by atoms with Crippen LogP contribution in [-0.4, -0.2) is 54.9 Å². The minimum Gasteiger partial charge on any atom is -0.497 e. The average molecular weight is 359 g/mol. The zero-order chi connectivity index (χ0) is 18.1. The molecule has 3 atom stereocenters. The molecule has 0 amide bonds. The molecule has 4 heteroatoms. The quantitative estimate of drug-likeness (QED) is 0.893. The Balaban J connectivity index is 1.35. The highest BCUT2D eigenvalue weighted by Crippen LogP contribution is 2.45. The molecule has 4 rings (SSSR count). The van der Waals surface area contributed by atoms with E-state index >= 15 is 0 Å². The molecule has 26 heavy (non-hydrogen) atoms. The maximum Gasteiger partial charge on any atom is 0.119 e. The van der Waals surface area contributed by atoms with Gasteiger partial charge in [-0.15, -0.1) is 0 Å². The van der Waals surface area contributed by atoms with Gasteiger partial charge in [0.2, 0.25) is 0 Å². The van der Waals surface area contributed by atoms with E-state index in [1.165, 1.54) is 37.9 Å². The lowest BCUT2D eigenvalue weighted by Crippen LogP contribution is -2.46. The molecule has 0 spiro atoms. The molecule has 2 aliphatic heterocycles. The second-order valence-electron chi connectivity index (χ2n) is 8.59. The normalized spacial score (nSPS) is 33.3. The average Bonchev–Trinajstić information content (AvgIpc) is 3.14. The van der Waals surface area contributed by atoms with E-state index in [9.17, 15) is 5.11 Å². The predicted molar refractivity (Wildman–Crippen MR) is 106 cm³/mol. The first kappa shape index (κ1) is 18.1. The number of methoxy groups -OCH3 is 1. The van der Waals surface area contributed by atoms with E-state index in [0.29, 0.717) is 17.9 Å². The fourth-order valence-electron chi connectivity index (χ4n) is 5.68. The highest BCUT2D eigenvalue weighted by molar-refractivity contribution is 5.49. The molecule has 1 aromatic carbocycles. The smallest absolute Gasteiger partial charge is 0.119 e. The molecule has 1 N–H and O–H groups in total. The lowest BCUT2D eigenvalue weighted by atomic mass is 9.69. The summed E-state index contributed by atoms with van der Waals surface area (Å²) in [5, 5.41) is 11.1. The van der Waals surface area contributed by atoms with Crippen LogP contribution in [0.2, 0.25) is 0 Å². The second-order valence-corrected chi connectivity index (χ2v) is 8.59. The summed E-state index contributed by atoms with van der Waals surface area (Å²) in [4.78, 5) is 5.22. The highest BCUT2D eigenvalue weighted by Gasteiger charge is 2.48. The molecule has 3 aliphatic rings. The molecule has 3 fully saturated rings. The van der Waals surface area contributed by atoms with Gasteiger partial charge in [-0.3, -0.25) is 4.90 Å². The number of benzene rings is 1.